The monoisotopic (exact) mass is 332 g/mol. The zero-order valence-corrected chi connectivity index (χ0v) is 14.3. The van der Waals surface area contributed by atoms with Gasteiger partial charge in [-0.25, -0.2) is 4.79 Å². The first-order valence-electron chi connectivity index (χ1n) is 8.22. The third-order valence-corrected chi connectivity index (χ3v) is 5.60. The minimum absolute atomic E-state index is 0.0170. The average molecular weight is 332 g/mol. The Hall–Kier alpha value is -1.92. The molecule has 1 aliphatic heterocycles. The number of hydrogen-bond acceptors (Lipinski definition) is 5. The van der Waals surface area contributed by atoms with Crippen molar-refractivity contribution < 1.29 is 19.1 Å². The second-order valence-electron chi connectivity index (χ2n) is 7.16. The number of fused-ring (bicyclic) bond motifs is 1. The van der Waals surface area contributed by atoms with Gasteiger partial charge in [-0.15, -0.1) is 0 Å². The predicted molar refractivity (Wildman–Crippen MR) is 89.6 cm³/mol. The van der Waals surface area contributed by atoms with E-state index in [-0.39, 0.29) is 17.9 Å². The third kappa shape index (κ3) is 2.32. The van der Waals surface area contributed by atoms with Crippen molar-refractivity contribution >= 4 is 17.6 Å². The Morgan fingerprint density at radius 1 is 1.38 bits per heavy atom. The van der Waals surface area contributed by atoms with Crippen molar-refractivity contribution in [3.05, 3.63) is 29.8 Å². The molecule has 3 atom stereocenters. The van der Waals surface area contributed by atoms with Crippen LogP contribution >= 0.6 is 0 Å². The van der Waals surface area contributed by atoms with E-state index in [1.165, 1.54) is 7.11 Å². The van der Waals surface area contributed by atoms with E-state index in [0.29, 0.717) is 11.3 Å². The van der Waals surface area contributed by atoms with E-state index in [0.717, 1.165) is 19.4 Å². The zero-order valence-electron chi connectivity index (χ0n) is 14.3. The third-order valence-electron chi connectivity index (χ3n) is 5.60. The van der Waals surface area contributed by atoms with Crippen LogP contribution < -0.4 is 11.1 Å². The van der Waals surface area contributed by atoms with E-state index in [1.54, 1.807) is 24.3 Å². The van der Waals surface area contributed by atoms with Gasteiger partial charge < -0.3 is 20.5 Å². The van der Waals surface area contributed by atoms with Crippen LogP contribution in [0.2, 0.25) is 0 Å². The van der Waals surface area contributed by atoms with Gasteiger partial charge >= 0.3 is 5.97 Å². The number of anilines is 1. The minimum Gasteiger partial charge on any atom is -0.465 e. The number of nitrogens with one attached hydrogen (secondary N) is 1. The van der Waals surface area contributed by atoms with Crippen LogP contribution in [0.1, 0.15) is 37.0 Å². The van der Waals surface area contributed by atoms with Crippen molar-refractivity contribution in [2.24, 2.45) is 17.1 Å². The molecule has 3 N–H and O–H groups in total. The molecule has 1 aromatic rings. The highest BCUT2D eigenvalue weighted by atomic mass is 16.5. The van der Waals surface area contributed by atoms with Crippen LogP contribution in [0.25, 0.3) is 0 Å². The molecule has 3 rings (SSSR count). The average Bonchev–Trinajstić information content (AvgIpc) is 2.60. The number of carbonyl (C=O) groups excluding carboxylic acids is 2. The van der Waals surface area contributed by atoms with E-state index in [1.807, 2.05) is 13.8 Å². The highest BCUT2D eigenvalue weighted by molar-refractivity contribution is 6.01. The predicted octanol–water partition coefficient (Wildman–Crippen LogP) is 1.94. The van der Waals surface area contributed by atoms with Crippen LogP contribution in [-0.4, -0.2) is 37.2 Å². The topological polar surface area (TPSA) is 90.7 Å². The Bertz CT molecular complexity index is 673. The summed E-state index contributed by atoms with van der Waals surface area (Å²) in [6.45, 7) is 4.68. The first kappa shape index (κ1) is 16.9. The lowest BCUT2D eigenvalue weighted by molar-refractivity contribution is -0.222. The molecule has 6 heteroatoms. The second kappa shape index (κ2) is 5.86. The number of benzene rings is 1. The summed E-state index contributed by atoms with van der Waals surface area (Å²) in [6, 6.07) is 6.66. The van der Waals surface area contributed by atoms with Gasteiger partial charge in [-0.1, -0.05) is 19.9 Å². The van der Waals surface area contributed by atoms with E-state index in [9.17, 15) is 9.59 Å². The number of hydrogen-bond donors (Lipinski definition) is 2. The highest BCUT2D eigenvalue weighted by Crippen LogP contribution is 2.57. The molecule has 6 nitrogen and oxygen atoms in total. The Kier molecular flexibility index (Phi) is 4.13. The lowest BCUT2D eigenvalue weighted by atomic mass is 9.46. The molecule has 1 heterocycles. The Morgan fingerprint density at radius 2 is 2.12 bits per heavy atom. The molecule has 1 saturated heterocycles. The largest absolute Gasteiger partial charge is 0.465 e. The molecule has 1 amide bonds. The summed E-state index contributed by atoms with van der Waals surface area (Å²) in [6.07, 6.45) is 1.82. The van der Waals surface area contributed by atoms with Gasteiger partial charge in [-0.05, 0) is 31.0 Å². The number of esters is 1. The van der Waals surface area contributed by atoms with Crippen molar-refractivity contribution in [1.82, 2.24) is 0 Å². The number of rotatable bonds is 3. The molecule has 2 fully saturated rings. The van der Waals surface area contributed by atoms with Gasteiger partial charge in [-0.3, -0.25) is 4.79 Å². The summed E-state index contributed by atoms with van der Waals surface area (Å²) in [5, 5.41) is 2.87. The Labute approximate surface area is 141 Å². The molecule has 0 aromatic heterocycles. The summed E-state index contributed by atoms with van der Waals surface area (Å²) in [4.78, 5) is 24.6. The Morgan fingerprint density at radius 3 is 2.83 bits per heavy atom. The van der Waals surface area contributed by atoms with Crippen LogP contribution in [0.15, 0.2) is 24.3 Å². The molecule has 3 unspecified atom stereocenters. The number of amides is 1. The molecule has 0 bridgehead atoms. The van der Waals surface area contributed by atoms with Crippen molar-refractivity contribution in [1.29, 1.82) is 0 Å². The van der Waals surface area contributed by atoms with E-state index >= 15 is 0 Å². The van der Waals surface area contributed by atoms with E-state index in [4.69, 9.17) is 15.2 Å². The van der Waals surface area contributed by atoms with Gasteiger partial charge in [0.1, 0.15) is 5.54 Å². The fourth-order valence-electron chi connectivity index (χ4n) is 4.11. The molecule has 1 saturated carbocycles. The summed E-state index contributed by atoms with van der Waals surface area (Å²) in [7, 11) is 1.32. The van der Waals surface area contributed by atoms with E-state index in [2.05, 4.69) is 5.32 Å². The molecular formula is C18H24N2O4. The van der Waals surface area contributed by atoms with E-state index < -0.39 is 16.9 Å². The van der Waals surface area contributed by atoms with Gasteiger partial charge in [0.25, 0.3) is 0 Å². The smallest absolute Gasteiger partial charge is 0.337 e. The summed E-state index contributed by atoms with van der Waals surface area (Å²) in [5.41, 5.74) is 6.05. The SMILES string of the molecule is COC(=O)c1cccc(NC(=O)C2(N)C3CCCOC3C2(C)C)c1. The minimum atomic E-state index is -0.987. The van der Waals surface area contributed by atoms with Crippen molar-refractivity contribution in [2.45, 2.75) is 38.3 Å². The molecule has 1 aromatic carbocycles. The number of carbonyl (C=O) groups is 2. The molecule has 24 heavy (non-hydrogen) atoms. The van der Waals surface area contributed by atoms with Crippen LogP contribution in [0.5, 0.6) is 0 Å². The molecule has 130 valence electrons. The second-order valence-corrected chi connectivity index (χ2v) is 7.16. The first-order valence-corrected chi connectivity index (χ1v) is 8.22. The highest BCUT2D eigenvalue weighted by Gasteiger charge is 2.70. The molecular weight excluding hydrogens is 308 g/mol. The maximum atomic E-state index is 12.9. The summed E-state index contributed by atoms with van der Waals surface area (Å²) in [5.74, 6) is -0.662. The fraction of sp³-hybridized carbons (Fsp3) is 0.556. The lowest BCUT2D eigenvalue weighted by Gasteiger charge is -2.65. The Balaban J connectivity index is 1.81. The standard InChI is InChI=1S/C18H24N2O4/c1-17(2)14-13(8-5-9-24-14)18(17,19)16(22)20-12-7-4-6-11(10-12)15(21)23-3/h4,6-7,10,13-14H,5,8-9,19H2,1-3H3,(H,20,22). The maximum Gasteiger partial charge on any atom is 0.337 e. The van der Waals surface area contributed by atoms with Crippen molar-refractivity contribution in [3.63, 3.8) is 0 Å². The first-order chi connectivity index (χ1) is 11.3. The summed E-state index contributed by atoms with van der Waals surface area (Å²) < 4.78 is 10.5. The van der Waals surface area contributed by atoms with Crippen LogP contribution in [-0.2, 0) is 14.3 Å². The quantitative estimate of drug-likeness (QED) is 0.826. The molecule has 0 spiro atoms. The zero-order chi connectivity index (χ0) is 17.5. The lowest BCUT2D eigenvalue weighted by Crippen LogP contribution is -2.81. The van der Waals surface area contributed by atoms with Crippen molar-refractivity contribution in [3.8, 4) is 0 Å². The number of ether oxygens (including phenoxy) is 2. The maximum absolute atomic E-state index is 12.9. The van der Waals surface area contributed by atoms with Gasteiger partial charge in [0.05, 0.1) is 18.8 Å². The van der Waals surface area contributed by atoms with Crippen LogP contribution in [0.3, 0.4) is 0 Å². The van der Waals surface area contributed by atoms with Gasteiger partial charge in [0.15, 0.2) is 0 Å². The van der Waals surface area contributed by atoms with Gasteiger partial charge in [0, 0.05) is 23.6 Å². The number of methoxy groups -OCH3 is 1. The summed E-state index contributed by atoms with van der Waals surface area (Å²) >= 11 is 0. The molecule has 2 aliphatic rings. The van der Waals surface area contributed by atoms with Gasteiger partial charge in [0.2, 0.25) is 5.91 Å². The molecule has 0 radical (unpaired) electrons. The number of nitrogens with two attached hydrogens (primary N) is 1. The van der Waals surface area contributed by atoms with Crippen LogP contribution in [0, 0.1) is 11.3 Å². The van der Waals surface area contributed by atoms with Crippen molar-refractivity contribution in [2.75, 3.05) is 19.0 Å². The fourth-order valence-corrected chi connectivity index (χ4v) is 4.11. The van der Waals surface area contributed by atoms with Crippen LogP contribution in [0.4, 0.5) is 5.69 Å². The molecule has 1 aliphatic carbocycles. The normalized spacial score (nSPS) is 30.7. The van der Waals surface area contributed by atoms with Gasteiger partial charge in [-0.2, -0.15) is 0 Å².